The Morgan fingerprint density at radius 3 is 2.52 bits per heavy atom. The van der Waals surface area contributed by atoms with Gasteiger partial charge in [0, 0.05) is 13.1 Å². The van der Waals surface area contributed by atoms with Gasteiger partial charge in [-0.15, -0.1) is 0 Å². The van der Waals surface area contributed by atoms with Gasteiger partial charge >= 0.3 is 12.0 Å². The van der Waals surface area contributed by atoms with Crippen molar-refractivity contribution in [1.82, 2.24) is 10.2 Å². The SMILES string of the molecule is CCCCCCCCNC(=O)N1CCC(C)CC1C(=O)O. The molecule has 1 fully saturated rings. The van der Waals surface area contributed by atoms with Crippen LogP contribution in [0.1, 0.15) is 65.2 Å². The minimum Gasteiger partial charge on any atom is -0.480 e. The number of carbonyl (C=O) groups is 2. The lowest BCUT2D eigenvalue weighted by Gasteiger charge is -2.35. The van der Waals surface area contributed by atoms with Crippen LogP contribution >= 0.6 is 0 Å². The maximum absolute atomic E-state index is 12.1. The lowest BCUT2D eigenvalue weighted by Crippen LogP contribution is -2.53. The molecule has 1 heterocycles. The molecular weight excluding hydrogens is 268 g/mol. The lowest BCUT2D eigenvalue weighted by atomic mass is 9.93. The van der Waals surface area contributed by atoms with E-state index in [1.165, 1.54) is 30.6 Å². The van der Waals surface area contributed by atoms with E-state index in [1.54, 1.807) is 0 Å². The van der Waals surface area contributed by atoms with Crippen molar-refractivity contribution in [2.75, 3.05) is 13.1 Å². The van der Waals surface area contributed by atoms with Crippen LogP contribution in [0.4, 0.5) is 4.79 Å². The van der Waals surface area contributed by atoms with E-state index in [4.69, 9.17) is 0 Å². The third-order valence-electron chi connectivity index (χ3n) is 4.22. The average molecular weight is 298 g/mol. The van der Waals surface area contributed by atoms with E-state index in [0.717, 1.165) is 19.3 Å². The second kappa shape index (κ2) is 9.64. The molecule has 5 heteroatoms. The van der Waals surface area contributed by atoms with Crippen LogP contribution in [0.15, 0.2) is 0 Å². The zero-order chi connectivity index (χ0) is 15.7. The molecule has 2 unspecified atom stereocenters. The molecule has 2 atom stereocenters. The molecule has 1 saturated heterocycles. The third kappa shape index (κ3) is 6.36. The number of urea groups is 1. The van der Waals surface area contributed by atoms with Crippen molar-refractivity contribution < 1.29 is 14.7 Å². The van der Waals surface area contributed by atoms with Crippen molar-refractivity contribution in [2.45, 2.75) is 71.3 Å². The van der Waals surface area contributed by atoms with Crippen LogP contribution in [-0.2, 0) is 4.79 Å². The molecule has 0 radical (unpaired) electrons. The molecule has 5 nitrogen and oxygen atoms in total. The minimum atomic E-state index is -0.892. The van der Waals surface area contributed by atoms with E-state index in [1.807, 2.05) is 6.92 Å². The number of amides is 2. The van der Waals surface area contributed by atoms with Gasteiger partial charge < -0.3 is 15.3 Å². The van der Waals surface area contributed by atoms with Crippen molar-refractivity contribution in [3.8, 4) is 0 Å². The number of hydrogen-bond acceptors (Lipinski definition) is 2. The zero-order valence-corrected chi connectivity index (χ0v) is 13.4. The highest BCUT2D eigenvalue weighted by Crippen LogP contribution is 2.22. The van der Waals surface area contributed by atoms with Gasteiger partial charge in [-0.1, -0.05) is 46.0 Å². The van der Waals surface area contributed by atoms with Gasteiger partial charge in [0.25, 0.3) is 0 Å². The first kappa shape index (κ1) is 17.8. The predicted octanol–water partition coefficient (Wildman–Crippen LogP) is 3.24. The number of unbranched alkanes of at least 4 members (excludes halogenated alkanes) is 5. The fourth-order valence-electron chi connectivity index (χ4n) is 2.82. The number of nitrogens with one attached hydrogen (secondary N) is 1. The van der Waals surface area contributed by atoms with Crippen LogP contribution in [0.3, 0.4) is 0 Å². The summed E-state index contributed by atoms with van der Waals surface area (Å²) in [6, 6.07) is -0.888. The molecule has 0 aromatic carbocycles. The van der Waals surface area contributed by atoms with Gasteiger partial charge in [-0.2, -0.15) is 0 Å². The largest absolute Gasteiger partial charge is 0.480 e. The molecule has 0 saturated carbocycles. The Morgan fingerprint density at radius 2 is 1.86 bits per heavy atom. The molecule has 0 aromatic rings. The highest BCUT2D eigenvalue weighted by atomic mass is 16.4. The number of rotatable bonds is 8. The molecule has 2 N–H and O–H groups in total. The standard InChI is InChI=1S/C16H30N2O3/c1-3-4-5-6-7-8-10-17-16(21)18-11-9-13(2)12-14(18)15(19)20/h13-14H,3-12H2,1-2H3,(H,17,21)(H,19,20). The topological polar surface area (TPSA) is 69.6 Å². The molecule has 1 aliphatic rings. The lowest BCUT2D eigenvalue weighted by molar-refractivity contribution is -0.143. The van der Waals surface area contributed by atoms with E-state index >= 15 is 0 Å². The van der Waals surface area contributed by atoms with Crippen LogP contribution < -0.4 is 5.32 Å². The molecule has 21 heavy (non-hydrogen) atoms. The smallest absolute Gasteiger partial charge is 0.326 e. The molecule has 122 valence electrons. The fourth-order valence-corrected chi connectivity index (χ4v) is 2.82. The first-order valence-electron chi connectivity index (χ1n) is 8.33. The first-order valence-corrected chi connectivity index (χ1v) is 8.33. The normalized spacial score (nSPS) is 22.1. The maximum atomic E-state index is 12.1. The maximum Gasteiger partial charge on any atom is 0.326 e. The van der Waals surface area contributed by atoms with Crippen molar-refractivity contribution >= 4 is 12.0 Å². The van der Waals surface area contributed by atoms with Crippen molar-refractivity contribution in [2.24, 2.45) is 5.92 Å². The number of hydrogen-bond donors (Lipinski definition) is 2. The number of piperidine rings is 1. The Balaban J connectivity index is 2.25. The molecule has 0 aliphatic carbocycles. The van der Waals surface area contributed by atoms with Crippen molar-refractivity contribution in [3.63, 3.8) is 0 Å². The molecule has 1 rings (SSSR count). The quantitative estimate of drug-likeness (QED) is 0.676. The summed E-state index contributed by atoms with van der Waals surface area (Å²) in [5, 5.41) is 12.1. The van der Waals surface area contributed by atoms with Crippen LogP contribution in [0.2, 0.25) is 0 Å². The molecule has 0 aromatic heterocycles. The Hall–Kier alpha value is -1.26. The predicted molar refractivity (Wildman–Crippen MR) is 83.3 cm³/mol. The summed E-state index contributed by atoms with van der Waals surface area (Å²) in [6.45, 7) is 5.42. The summed E-state index contributed by atoms with van der Waals surface area (Å²) < 4.78 is 0. The zero-order valence-electron chi connectivity index (χ0n) is 13.4. The number of carboxylic acid groups (broad SMARTS) is 1. The summed E-state index contributed by atoms with van der Waals surface area (Å²) in [4.78, 5) is 24.9. The van der Waals surface area contributed by atoms with Crippen LogP contribution in [0.5, 0.6) is 0 Å². The second-order valence-electron chi connectivity index (χ2n) is 6.18. The summed E-state index contributed by atoms with van der Waals surface area (Å²) in [6.07, 6.45) is 8.52. The highest BCUT2D eigenvalue weighted by Gasteiger charge is 2.34. The van der Waals surface area contributed by atoms with Crippen LogP contribution in [-0.4, -0.2) is 41.1 Å². The summed E-state index contributed by atoms with van der Waals surface area (Å²) in [5.41, 5.74) is 0. The van der Waals surface area contributed by atoms with E-state index < -0.39 is 12.0 Å². The van der Waals surface area contributed by atoms with Crippen LogP contribution in [0.25, 0.3) is 0 Å². The van der Waals surface area contributed by atoms with Gasteiger partial charge in [-0.25, -0.2) is 9.59 Å². The van der Waals surface area contributed by atoms with Gasteiger partial charge in [0.1, 0.15) is 6.04 Å². The molecule has 0 spiro atoms. The summed E-state index contributed by atoms with van der Waals surface area (Å²) in [7, 11) is 0. The van der Waals surface area contributed by atoms with E-state index in [0.29, 0.717) is 25.4 Å². The Bertz CT molecular complexity index is 333. The van der Waals surface area contributed by atoms with Gasteiger partial charge in [-0.05, 0) is 25.2 Å². The molecule has 2 amide bonds. The number of nitrogens with zero attached hydrogens (tertiary/aromatic N) is 1. The van der Waals surface area contributed by atoms with Crippen molar-refractivity contribution in [1.29, 1.82) is 0 Å². The number of likely N-dealkylation sites (tertiary alicyclic amines) is 1. The molecule has 1 aliphatic heterocycles. The van der Waals surface area contributed by atoms with E-state index in [2.05, 4.69) is 12.2 Å². The van der Waals surface area contributed by atoms with Gasteiger partial charge in [0.05, 0.1) is 0 Å². The minimum absolute atomic E-state index is 0.220. The molecule has 0 bridgehead atoms. The van der Waals surface area contributed by atoms with Gasteiger partial charge in [0.2, 0.25) is 0 Å². The fraction of sp³-hybridized carbons (Fsp3) is 0.875. The second-order valence-corrected chi connectivity index (χ2v) is 6.18. The Morgan fingerprint density at radius 1 is 1.19 bits per heavy atom. The van der Waals surface area contributed by atoms with E-state index in [-0.39, 0.29) is 6.03 Å². The van der Waals surface area contributed by atoms with Gasteiger partial charge in [-0.3, -0.25) is 0 Å². The van der Waals surface area contributed by atoms with E-state index in [9.17, 15) is 14.7 Å². The first-order chi connectivity index (χ1) is 10.1. The third-order valence-corrected chi connectivity index (χ3v) is 4.22. The summed E-state index contributed by atoms with van der Waals surface area (Å²) in [5.74, 6) is -0.523. The Kier molecular flexibility index (Phi) is 8.16. The summed E-state index contributed by atoms with van der Waals surface area (Å²) >= 11 is 0. The van der Waals surface area contributed by atoms with Crippen LogP contribution in [0, 0.1) is 5.92 Å². The number of carboxylic acids is 1. The average Bonchev–Trinajstić information content (AvgIpc) is 2.46. The highest BCUT2D eigenvalue weighted by molar-refractivity contribution is 5.82. The number of aliphatic carboxylic acids is 1. The molecular formula is C16H30N2O3. The number of carbonyl (C=O) groups excluding carboxylic acids is 1. The van der Waals surface area contributed by atoms with Gasteiger partial charge in [0.15, 0.2) is 0 Å². The monoisotopic (exact) mass is 298 g/mol. The van der Waals surface area contributed by atoms with Crippen molar-refractivity contribution in [3.05, 3.63) is 0 Å². The Labute approximate surface area is 128 Å².